The van der Waals surface area contributed by atoms with Gasteiger partial charge in [0.25, 0.3) is 0 Å². The fourth-order valence-corrected chi connectivity index (χ4v) is 1.36. The van der Waals surface area contributed by atoms with Crippen LogP contribution >= 0.6 is 0 Å². The Balaban J connectivity index is 1.95. The molecule has 3 amide bonds. The lowest BCUT2D eigenvalue weighted by atomic mass is 10.2. The number of amides is 3. The molecule has 8 heteroatoms. The van der Waals surface area contributed by atoms with E-state index >= 15 is 0 Å². The topological polar surface area (TPSA) is 128 Å². The summed E-state index contributed by atoms with van der Waals surface area (Å²) in [5, 5.41) is 25.0. The van der Waals surface area contributed by atoms with Crippen LogP contribution in [0.3, 0.4) is 0 Å². The van der Waals surface area contributed by atoms with E-state index < -0.39 is 18.1 Å². The minimum atomic E-state index is -1.47. The Labute approximate surface area is 110 Å². The lowest BCUT2D eigenvalue weighted by Crippen LogP contribution is -2.41. The summed E-state index contributed by atoms with van der Waals surface area (Å²) in [5.41, 5.74) is 0. The van der Waals surface area contributed by atoms with Crippen molar-refractivity contribution in [2.75, 3.05) is 19.6 Å². The van der Waals surface area contributed by atoms with Crippen molar-refractivity contribution in [3.8, 4) is 0 Å². The summed E-state index contributed by atoms with van der Waals surface area (Å²) in [6, 6.07) is -0.460. The van der Waals surface area contributed by atoms with E-state index in [-0.39, 0.29) is 24.8 Å². The minimum Gasteiger partial charge on any atom is -0.479 e. The highest BCUT2D eigenvalue weighted by atomic mass is 16.4. The molecule has 108 valence electrons. The first kappa shape index (κ1) is 15.2. The second kappa shape index (κ2) is 7.57. The predicted molar refractivity (Wildman–Crippen MR) is 65.4 cm³/mol. The van der Waals surface area contributed by atoms with Gasteiger partial charge in [-0.3, -0.25) is 4.79 Å². The molecule has 0 radical (unpaired) electrons. The van der Waals surface area contributed by atoms with Crippen molar-refractivity contribution in [2.45, 2.75) is 25.4 Å². The number of aliphatic hydroxyl groups excluding tert-OH is 1. The molecule has 1 atom stereocenters. The summed E-state index contributed by atoms with van der Waals surface area (Å²) in [6.45, 7) is 0.722. The molecule has 1 aliphatic carbocycles. The zero-order chi connectivity index (χ0) is 14.3. The van der Waals surface area contributed by atoms with Crippen molar-refractivity contribution in [3.05, 3.63) is 0 Å². The molecule has 1 saturated carbocycles. The van der Waals surface area contributed by atoms with Crippen molar-refractivity contribution in [2.24, 2.45) is 5.92 Å². The maximum Gasteiger partial charge on any atom is 0.332 e. The van der Waals surface area contributed by atoms with E-state index in [1.165, 1.54) is 0 Å². The van der Waals surface area contributed by atoms with E-state index in [2.05, 4.69) is 16.0 Å². The van der Waals surface area contributed by atoms with Crippen LogP contribution < -0.4 is 16.0 Å². The van der Waals surface area contributed by atoms with Crippen molar-refractivity contribution in [1.29, 1.82) is 0 Å². The largest absolute Gasteiger partial charge is 0.479 e. The van der Waals surface area contributed by atoms with Crippen molar-refractivity contribution in [1.82, 2.24) is 16.0 Å². The molecule has 0 saturated heterocycles. The van der Waals surface area contributed by atoms with Gasteiger partial charge in [0.1, 0.15) is 0 Å². The van der Waals surface area contributed by atoms with Gasteiger partial charge in [0.05, 0.1) is 0 Å². The number of urea groups is 1. The SMILES string of the molecule is O=C(NCCNC(=O)C1CC1)NCC[C@H](O)C(=O)O. The number of rotatable bonds is 8. The van der Waals surface area contributed by atoms with Crippen molar-refractivity contribution >= 4 is 17.9 Å². The highest BCUT2D eigenvalue weighted by Gasteiger charge is 2.28. The molecule has 0 aliphatic heterocycles. The third-order valence-corrected chi connectivity index (χ3v) is 2.65. The molecule has 8 nitrogen and oxygen atoms in total. The molecule has 1 rings (SSSR count). The molecule has 0 spiro atoms. The average molecular weight is 273 g/mol. The van der Waals surface area contributed by atoms with Gasteiger partial charge in [-0.2, -0.15) is 0 Å². The Bertz CT molecular complexity index is 343. The second-order valence-electron chi connectivity index (χ2n) is 4.39. The molecule has 0 aromatic heterocycles. The minimum absolute atomic E-state index is 0.0202. The van der Waals surface area contributed by atoms with Gasteiger partial charge in [-0.1, -0.05) is 0 Å². The van der Waals surface area contributed by atoms with Gasteiger partial charge in [-0.15, -0.1) is 0 Å². The number of carbonyl (C=O) groups is 3. The number of nitrogens with one attached hydrogen (secondary N) is 3. The van der Waals surface area contributed by atoms with E-state index in [9.17, 15) is 14.4 Å². The summed E-state index contributed by atoms with van der Waals surface area (Å²) in [4.78, 5) is 32.8. The zero-order valence-corrected chi connectivity index (χ0v) is 10.5. The summed E-state index contributed by atoms with van der Waals surface area (Å²) in [5.74, 6) is -1.15. The molecule has 19 heavy (non-hydrogen) atoms. The first-order chi connectivity index (χ1) is 9.00. The molecular formula is C11H19N3O5. The van der Waals surface area contributed by atoms with E-state index in [0.717, 1.165) is 12.8 Å². The third kappa shape index (κ3) is 6.61. The molecule has 0 bridgehead atoms. The standard InChI is InChI=1S/C11H19N3O5/c15-8(10(17)18)3-4-13-11(19)14-6-5-12-9(16)7-1-2-7/h7-8,15H,1-6H2,(H,12,16)(H,17,18)(H2,13,14,19)/t8-/m0/s1. The Morgan fingerprint density at radius 1 is 1.05 bits per heavy atom. The van der Waals surface area contributed by atoms with Gasteiger partial charge in [0.15, 0.2) is 6.10 Å². The number of aliphatic carboxylic acids is 1. The molecule has 0 aromatic rings. The van der Waals surface area contributed by atoms with Crippen LogP contribution in [0.25, 0.3) is 0 Å². The fourth-order valence-electron chi connectivity index (χ4n) is 1.36. The van der Waals surface area contributed by atoms with Crippen molar-refractivity contribution in [3.63, 3.8) is 0 Å². The number of hydrogen-bond donors (Lipinski definition) is 5. The Hall–Kier alpha value is -1.83. The average Bonchev–Trinajstić information content (AvgIpc) is 3.18. The highest BCUT2D eigenvalue weighted by molar-refractivity contribution is 5.80. The first-order valence-corrected chi connectivity index (χ1v) is 6.21. The van der Waals surface area contributed by atoms with Crippen LogP contribution in [0.1, 0.15) is 19.3 Å². The Kier molecular flexibility index (Phi) is 6.07. The van der Waals surface area contributed by atoms with Gasteiger partial charge in [0.2, 0.25) is 5.91 Å². The molecule has 0 aromatic carbocycles. The quantitative estimate of drug-likeness (QED) is 0.349. The number of carboxylic acid groups (broad SMARTS) is 1. The van der Waals surface area contributed by atoms with Crippen LogP contribution in [0.4, 0.5) is 4.79 Å². The molecule has 0 heterocycles. The zero-order valence-electron chi connectivity index (χ0n) is 10.5. The molecular weight excluding hydrogens is 254 g/mol. The summed E-state index contributed by atoms with van der Waals surface area (Å²) >= 11 is 0. The molecule has 1 aliphatic rings. The smallest absolute Gasteiger partial charge is 0.332 e. The van der Waals surface area contributed by atoms with Gasteiger partial charge >= 0.3 is 12.0 Å². The lowest BCUT2D eigenvalue weighted by Gasteiger charge is -2.09. The molecule has 5 N–H and O–H groups in total. The highest BCUT2D eigenvalue weighted by Crippen LogP contribution is 2.28. The van der Waals surface area contributed by atoms with Crippen LogP contribution in [-0.4, -0.2) is 53.9 Å². The maximum absolute atomic E-state index is 11.2. The van der Waals surface area contributed by atoms with Gasteiger partial charge in [0, 0.05) is 32.0 Å². The van der Waals surface area contributed by atoms with Crippen LogP contribution in [-0.2, 0) is 9.59 Å². The van der Waals surface area contributed by atoms with E-state index in [1.54, 1.807) is 0 Å². The summed E-state index contributed by atoms with van der Waals surface area (Å²) in [7, 11) is 0. The number of aliphatic hydroxyl groups is 1. The number of carboxylic acids is 1. The van der Waals surface area contributed by atoms with Crippen LogP contribution in [0.2, 0.25) is 0 Å². The van der Waals surface area contributed by atoms with Crippen molar-refractivity contribution < 1.29 is 24.6 Å². The maximum atomic E-state index is 11.2. The van der Waals surface area contributed by atoms with Gasteiger partial charge in [-0.25, -0.2) is 9.59 Å². The molecule has 1 fully saturated rings. The molecule has 0 unspecified atom stereocenters. The van der Waals surface area contributed by atoms with E-state index in [4.69, 9.17) is 10.2 Å². The summed E-state index contributed by atoms with van der Waals surface area (Å²) < 4.78 is 0. The Morgan fingerprint density at radius 2 is 1.63 bits per heavy atom. The van der Waals surface area contributed by atoms with E-state index in [0.29, 0.717) is 13.1 Å². The monoisotopic (exact) mass is 273 g/mol. The van der Waals surface area contributed by atoms with E-state index in [1.807, 2.05) is 0 Å². The normalized spacial score (nSPS) is 15.4. The summed E-state index contributed by atoms with van der Waals surface area (Å²) in [6.07, 6.45) is 0.344. The van der Waals surface area contributed by atoms with Crippen LogP contribution in [0.5, 0.6) is 0 Å². The van der Waals surface area contributed by atoms with Gasteiger partial charge in [-0.05, 0) is 12.8 Å². The number of hydrogen-bond acceptors (Lipinski definition) is 4. The fraction of sp³-hybridized carbons (Fsp3) is 0.727. The van der Waals surface area contributed by atoms with Crippen LogP contribution in [0, 0.1) is 5.92 Å². The van der Waals surface area contributed by atoms with Gasteiger partial charge < -0.3 is 26.2 Å². The third-order valence-electron chi connectivity index (χ3n) is 2.65. The lowest BCUT2D eigenvalue weighted by molar-refractivity contribution is -0.146. The van der Waals surface area contributed by atoms with Crippen LogP contribution in [0.15, 0.2) is 0 Å². The second-order valence-corrected chi connectivity index (χ2v) is 4.39. The first-order valence-electron chi connectivity index (χ1n) is 6.21. The predicted octanol–water partition coefficient (Wildman–Crippen LogP) is -1.35. The Morgan fingerprint density at radius 3 is 2.21 bits per heavy atom. The number of carbonyl (C=O) groups excluding carboxylic acids is 2.